The number of piperidine rings is 1. The molecule has 4 nitrogen and oxygen atoms in total. The van der Waals surface area contributed by atoms with Crippen molar-refractivity contribution in [2.24, 2.45) is 5.92 Å². The zero-order chi connectivity index (χ0) is 13.6. The number of carbonyl (C=O) groups is 1. The van der Waals surface area contributed by atoms with Crippen LogP contribution in [0, 0.1) is 5.92 Å². The molecule has 2 heterocycles. The first-order chi connectivity index (χ1) is 9.06. The van der Waals surface area contributed by atoms with Gasteiger partial charge in [0.1, 0.15) is 0 Å². The molecule has 19 heavy (non-hydrogen) atoms. The molecule has 1 fully saturated rings. The van der Waals surface area contributed by atoms with Gasteiger partial charge in [0.05, 0.1) is 0 Å². The molecule has 4 heteroatoms. The summed E-state index contributed by atoms with van der Waals surface area (Å²) in [4.78, 5) is 13.9. The Morgan fingerprint density at radius 2 is 2.11 bits per heavy atom. The number of rotatable bonds is 1. The predicted octanol–water partition coefficient (Wildman–Crippen LogP) is 2.30. The average Bonchev–Trinajstić information content (AvgIpc) is 2.67. The highest BCUT2D eigenvalue weighted by molar-refractivity contribution is 6.02. The van der Waals surface area contributed by atoms with Gasteiger partial charge in [-0.25, -0.2) is 0 Å². The van der Waals surface area contributed by atoms with Gasteiger partial charge >= 0.3 is 0 Å². The summed E-state index contributed by atoms with van der Waals surface area (Å²) in [6.45, 7) is 5.57. The van der Waals surface area contributed by atoms with E-state index in [9.17, 15) is 9.90 Å². The van der Waals surface area contributed by atoms with Crippen LogP contribution in [0.3, 0.4) is 0 Å². The quantitative estimate of drug-likeness (QED) is 0.814. The Labute approximate surface area is 113 Å². The molecule has 3 atom stereocenters. The highest BCUT2D eigenvalue weighted by atomic mass is 16.3. The van der Waals surface area contributed by atoms with Gasteiger partial charge < -0.3 is 15.3 Å². The highest BCUT2D eigenvalue weighted by Gasteiger charge is 2.30. The third kappa shape index (κ3) is 2.10. The lowest BCUT2D eigenvalue weighted by atomic mass is 9.94. The number of aliphatic hydroxyl groups excluding tert-OH is 1. The monoisotopic (exact) mass is 260 g/mol. The van der Waals surface area contributed by atoms with Crippen LogP contribution in [0.5, 0.6) is 0 Å². The molecule has 0 radical (unpaired) electrons. The van der Waals surface area contributed by atoms with Crippen molar-refractivity contribution in [2.45, 2.75) is 38.8 Å². The van der Waals surface area contributed by atoms with Gasteiger partial charge in [-0.15, -0.1) is 0 Å². The van der Waals surface area contributed by atoms with Crippen LogP contribution < -0.4 is 10.2 Å². The number of fused-ring (bicyclic) bond motifs is 1. The predicted molar refractivity (Wildman–Crippen MR) is 75.2 cm³/mol. The summed E-state index contributed by atoms with van der Waals surface area (Å²) in [5, 5.41) is 12.5. The fourth-order valence-corrected chi connectivity index (χ4v) is 3.06. The fourth-order valence-electron chi connectivity index (χ4n) is 3.06. The Morgan fingerprint density at radius 1 is 1.32 bits per heavy atom. The fraction of sp³-hybridized carbons (Fsp3) is 0.533. The Balaban J connectivity index is 1.91. The zero-order valence-electron chi connectivity index (χ0n) is 11.4. The molecule has 0 aliphatic carbocycles. The van der Waals surface area contributed by atoms with E-state index in [4.69, 9.17) is 0 Å². The van der Waals surface area contributed by atoms with Crippen LogP contribution in [0.15, 0.2) is 18.2 Å². The molecule has 2 aliphatic heterocycles. The Bertz CT molecular complexity index is 515. The van der Waals surface area contributed by atoms with Crippen LogP contribution in [0.25, 0.3) is 0 Å². The second kappa shape index (κ2) is 4.53. The third-order valence-electron chi connectivity index (χ3n) is 4.29. The number of amides is 1. The van der Waals surface area contributed by atoms with Gasteiger partial charge in [-0.05, 0) is 37.8 Å². The van der Waals surface area contributed by atoms with Gasteiger partial charge in [-0.3, -0.25) is 4.79 Å². The summed E-state index contributed by atoms with van der Waals surface area (Å²) in [7, 11) is 0. The number of benzene rings is 1. The van der Waals surface area contributed by atoms with E-state index >= 15 is 0 Å². The van der Waals surface area contributed by atoms with Gasteiger partial charge in [0.2, 0.25) is 0 Å². The molecule has 1 aromatic carbocycles. The standard InChI is InChI=1S/C15H20N2O2/c1-9-3-4-10(2)17(8-9)11-5-6-12-13(7-11)16-15(19)14(12)18/h5-7,9-10,14,18H,3-4,8H2,1-2H3,(H,16,19). The van der Waals surface area contributed by atoms with E-state index in [0.29, 0.717) is 17.5 Å². The van der Waals surface area contributed by atoms with Gasteiger partial charge in [0.15, 0.2) is 6.10 Å². The van der Waals surface area contributed by atoms with Crippen molar-refractivity contribution in [3.8, 4) is 0 Å². The first-order valence-corrected chi connectivity index (χ1v) is 6.96. The number of nitrogens with one attached hydrogen (secondary N) is 1. The zero-order valence-corrected chi connectivity index (χ0v) is 11.4. The van der Waals surface area contributed by atoms with E-state index in [1.807, 2.05) is 18.2 Å². The van der Waals surface area contributed by atoms with Crippen molar-refractivity contribution in [3.63, 3.8) is 0 Å². The lowest BCUT2D eigenvalue weighted by Gasteiger charge is -2.38. The SMILES string of the molecule is CC1CCC(C)N(c2ccc3c(c2)NC(=O)C3O)C1. The first-order valence-electron chi connectivity index (χ1n) is 6.96. The molecule has 2 aliphatic rings. The Morgan fingerprint density at radius 3 is 2.89 bits per heavy atom. The van der Waals surface area contributed by atoms with Gasteiger partial charge in [-0.1, -0.05) is 13.0 Å². The lowest BCUT2D eigenvalue weighted by molar-refractivity contribution is -0.123. The van der Waals surface area contributed by atoms with Crippen LogP contribution >= 0.6 is 0 Å². The molecule has 3 rings (SSSR count). The highest BCUT2D eigenvalue weighted by Crippen LogP contribution is 2.36. The van der Waals surface area contributed by atoms with Crippen LogP contribution in [-0.4, -0.2) is 23.6 Å². The molecule has 0 aromatic heterocycles. The molecule has 102 valence electrons. The summed E-state index contributed by atoms with van der Waals surface area (Å²) in [6.07, 6.45) is 1.47. The second-order valence-electron chi connectivity index (χ2n) is 5.85. The minimum Gasteiger partial charge on any atom is -0.378 e. The maximum absolute atomic E-state index is 11.5. The summed E-state index contributed by atoms with van der Waals surface area (Å²) >= 11 is 0. The van der Waals surface area contributed by atoms with Crippen LogP contribution in [0.4, 0.5) is 11.4 Å². The summed E-state index contributed by atoms with van der Waals surface area (Å²) in [5.41, 5.74) is 2.57. The summed E-state index contributed by atoms with van der Waals surface area (Å²) < 4.78 is 0. The van der Waals surface area contributed by atoms with Gasteiger partial charge in [-0.2, -0.15) is 0 Å². The van der Waals surface area contributed by atoms with Crippen molar-refractivity contribution < 1.29 is 9.90 Å². The molecular weight excluding hydrogens is 240 g/mol. The molecule has 0 saturated carbocycles. The van der Waals surface area contributed by atoms with Crippen molar-refractivity contribution in [1.82, 2.24) is 0 Å². The topological polar surface area (TPSA) is 52.6 Å². The largest absolute Gasteiger partial charge is 0.378 e. The van der Waals surface area contributed by atoms with Crippen molar-refractivity contribution in [3.05, 3.63) is 23.8 Å². The molecular formula is C15H20N2O2. The van der Waals surface area contributed by atoms with Crippen molar-refractivity contribution >= 4 is 17.3 Å². The van der Waals surface area contributed by atoms with Crippen molar-refractivity contribution in [2.75, 3.05) is 16.8 Å². The maximum atomic E-state index is 11.5. The molecule has 1 amide bonds. The number of aliphatic hydroxyl groups is 1. The third-order valence-corrected chi connectivity index (χ3v) is 4.29. The Hall–Kier alpha value is -1.55. The minimum atomic E-state index is -1.01. The lowest BCUT2D eigenvalue weighted by Crippen LogP contribution is -2.41. The second-order valence-corrected chi connectivity index (χ2v) is 5.85. The molecule has 1 aromatic rings. The van der Waals surface area contributed by atoms with E-state index in [1.165, 1.54) is 12.8 Å². The molecule has 1 saturated heterocycles. The van der Waals surface area contributed by atoms with E-state index < -0.39 is 6.10 Å². The normalized spacial score (nSPS) is 30.2. The smallest absolute Gasteiger partial charge is 0.257 e. The minimum absolute atomic E-state index is 0.327. The van der Waals surface area contributed by atoms with Crippen LogP contribution in [0.1, 0.15) is 38.4 Å². The molecule has 0 spiro atoms. The first kappa shape index (κ1) is 12.5. The van der Waals surface area contributed by atoms with E-state index in [1.54, 1.807) is 0 Å². The van der Waals surface area contributed by atoms with E-state index in [-0.39, 0.29) is 5.91 Å². The Kier molecular flexibility index (Phi) is 2.97. The van der Waals surface area contributed by atoms with Gasteiger partial charge in [0, 0.05) is 29.5 Å². The molecule has 3 unspecified atom stereocenters. The van der Waals surface area contributed by atoms with Crippen molar-refractivity contribution in [1.29, 1.82) is 0 Å². The van der Waals surface area contributed by atoms with Gasteiger partial charge in [0.25, 0.3) is 5.91 Å². The summed E-state index contributed by atoms with van der Waals surface area (Å²) in [5.74, 6) is 0.372. The van der Waals surface area contributed by atoms with Crippen LogP contribution in [0.2, 0.25) is 0 Å². The molecule has 0 bridgehead atoms. The average molecular weight is 260 g/mol. The summed E-state index contributed by atoms with van der Waals surface area (Å²) in [6, 6.07) is 6.38. The number of nitrogens with zero attached hydrogens (tertiary/aromatic N) is 1. The number of carbonyl (C=O) groups excluding carboxylic acids is 1. The number of anilines is 2. The number of hydrogen-bond acceptors (Lipinski definition) is 3. The van der Waals surface area contributed by atoms with E-state index in [0.717, 1.165) is 17.9 Å². The molecule has 2 N–H and O–H groups in total. The van der Waals surface area contributed by atoms with E-state index in [2.05, 4.69) is 24.1 Å². The van der Waals surface area contributed by atoms with Crippen LogP contribution in [-0.2, 0) is 4.79 Å². The number of hydrogen-bond donors (Lipinski definition) is 2. The maximum Gasteiger partial charge on any atom is 0.257 e.